The zero-order valence-corrected chi connectivity index (χ0v) is 11.9. The summed E-state index contributed by atoms with van der Waals surface area (Å²) in [5.41, 5.74) is 2.99. The van der Waals surface area contributed by atoms with E-state index in [4.69, 9.17) is 4.74 Å². The maximum absolute atomic E-state index is 9.51. The maximum atomic E-state index is 9.51. The van der Waals surface area contributed by atoms with Gasteiger partial charge in [-0.25, -0.2) is 4.98 Å². The molecular formula is C14H24N2O2. The Kier molecular flexibility index (Phi) is 6.09. The SMILES string of the molecule is CCOCCN(CC)c1nc(C)cc(C)c1CO. The van der Waals surface area contributed by atoms with Crippen molar-refractivity contribution >= 4 is 5.82 Å². The van der Waals surface area contributed by atoms with Gasteiger partial charge in [-0.2, -0.15) is 0 Å². The molecule has 1 heterocycles. The van der Waals surface area contributed by atoms with Crippen molar-refractivity contribution < 1.29 is 9.84 Å². The summed E-state index contributed by atoms with van der Waals surface area (Å²) in [6, 6.07) is 2.01. The maximum Gasteiger partial charge on any atom is 0.134 e. The molecule has 0 aliphatic carbocycles. The topological polar surface area (TPSA) is 45.6 Å². The number of anilines is 1. The standard InChI is InChI=1S/C14H24N2O2/c1-5-16(7-8-18-6-2)14-13(10-17)11(3)9-12(4)15-14/h9,17H,5-8,10H2,1-4H3. The van der Waals surface area contributed by atoms with Crippen LogP contribution < -0.4 is 4.90 Å². The Morgan fingerprint density at radius 2 is 2.06 bits per heavy atom. The van der Waals surface area contributed by atoms with Crippen LogP contribution in [0.2, 0.25) is 0 Å². The fourth-order valence-corrected chi connectivity index (χ4v) is 2.03. The fraction of sp³-hybridized carbons (Fsp3) is 0.643. The van der Waals surface area contributed by atoms with Crippen LogP contribution in [0.25, 0.3) is 0 Å². The minimum absolute atomic E-state index is 0.0274. The molecule has 18 heavy (non-hydrogen) atoms. The van der Waals surface area contributed by atoms with Crippen molar-refractivity contribution in [3.63, 3.8) is 0 Å². The van der Waals surface area contributed by atoms with Crippen molar-refractivity contribution in [1.82, 2.24) is 4.98 Å². The lowest BCUT2D eigenvalue weighted by Crippen LogP contribution is -2.29. The lowest BCUT2D eigenvalue weighted by Gasteiger charge is -2.25. The quantitative estimate of drug-likeness (QED) is 0.754. The van der Waals surface area contributed by atoms with Gasteiger partial charge in [0, 0.05) is 31.0 Å². The van der Waals surface area contributed by atoms with Gasteiger partial charge in [0.05, 0.1) is 13.2 Å². The molecular weight excluding hydrogens is 228 g/mol. The molecule has 0 unspecified atom stereocenters. The number of aromatic nitrogens is 1. The lowest BCUT2D eigenvalue weighted by atomic mass is 10.1. The molecule has 0 saturated carbocycles. The van der Waals surface area contributed by atoms with Crippen LogP contribution in [0.3, 0.4) is 0 Å². The van der Waals surface area contributed by atoms with E-state index in [2.05, 4.69) is 16.8 Å². The minimum atomic E-state index is 0.0274. The average Bonchev–Trinajstić information content (AvgIpc) is 2.34. The van der Waals surface area contributed by atoms with Crippen LogP contribution in [0, 0.1) is 13.8 Å². The van der Waals surface area contributed by atoms with Gasteiger partial charge in [0.2, 0.25) is 0 Å². The first-order valence-electron chi connectivity index (χ1n) is 6.54. The van der Waals surface area contributed by atoms with Crippen molar-refractivity contribution in [2.75, 3.05) is 31.2 Å². The number of likely N-dealkylation sites (N-methyl/N-ethyl adjacent to an activating group) is 1. The van der Waals surface area contributed by atoms with Crippen molar-refractivity contribution in [1.29, 1.82) is 0 Å². The number of hydrogen-bond donors (Lipinski definition) is 1. The number of aliphatic hydroxyl groups excluding tert-OH is 1. The van der Waals surface area contributed by atoms with Crippen LogP contribution in [-0.2, 0) is 11.3 Å². The van der Waals surface area contributed by atoms with Crippen molar-refractivity contribution in [2.45, 2.75) is 34.3 Å². The lowest BCUT2D eigenvalue weighted by molar-refractivity contribution is 0.154. The predicted molar refractivity (Wildman–Crippen MR) is 74.0 cm³/mol. The molecule has 4 nitrogen and oxygen atoms in total. The van der Waals surface area contributed by atoms with Gasteiger partial charge in [-0.1, -0.05) is 0 Å². The number of aryl methyl sites for hydroxylation is 2. The first-order valence-corrected chi connectivity index (χ1v) is 6.54. The van der Waals surface area contributed by atoms with Gasteiger partial charge in [0.1, 0.15) is 5.82 Å². The van der Waals surface area contributed by atoms with Crippen LogP contribution >= 0.6 is 0 Å². The van der Waals surface area contributed by atoms with Crippen LogP contribution in [0.1, 0.15) is 30.7 Å². The number of hydrogen-bond acceptors (Lipinski definition) is 4. The van der Waals surface area contributed by atoms with E-state index in [0.29, 0.717) is 6.61 Å². The van der Waals surface area contributed by atoms with E-state index >= 15 is 0 Å². The van der Waals surface area contributed by atoms with Crippen LogP contribution in [0.5, 0.6) is 0 Å². The fourth-order valence-electron chi connectivity index (χ4n) is 2.03. The normalized spacial score (nSPS) is 10.7. The molecule has 4 heteroatoms. The number of nitrogens with zero attached hydrogens (tertiary/aromatic N) is 2. The Morgan fingerprint density at radius 3 is 2.61 bits per heavy atom. The van der Waals surface area contributed by atoms with E-state index in [9.17, 15) is 5.11 Å². The predicted octanol–water partition coefficient (Wildman–Crippen LogP) is 2.05. The van der Waals surface area contributed by atoms with E-state index in [1.54, 1.807) is 0 Å². The number of ether oxygens (including phenoxy) is 1. The molecule has 0 radical (unpaired) electrons. The first-order chi connectivity index (χ1) is 8.63. The highest BCUT2D eigenvalue weighted by atomic mass is 16.5. The first kappa shape index (κ1) is 14.9. The number of pyridine rings is 1. The third kappa shape index (κ3) is 3.68. The molecule has 0 aromatic carbocycles. The molecule has 102 valence electrons. The Bertz CT molecular complexity index is 380. The Hall–Kier alpha value is -1.13. The molecule has 0 fully saturated rings. The summed E-state index contributed by atoms with van der Waals surface area (Å²) in [6.07, 6.45) is 0. The zero-order chi connectivity index (χ0) is 13.5. The second-order valence-electron chi connectivity index (χ2n) is 4.32. The number of aliphatic hydroxyl groups is 1. The molecule has 1 aromatic heterocycles. The molecule has 1 aromatic rings. The van der Waals surface area contributed by atoms with E-state index in [0.717, 1.165) is 42.3 Å². The second-order valence-corrected chi connectivity index (χ2v) is 4.32. The Morgan fingerprint density at radius 1 is 1.33 bits per heavy atom. The van der Waals surface area contributed by atoms with Gasteiger partial charge in [0.25, 0.3) is 0 Å². The van der Waals surface area contributed by atoms with E-state index < -0.39 is 0 Å². The number of rotatable bonds is 7. The molecule has 0 aliphatic rings. The zero-order valence-electron chi connectivity index (χ0n) is 11.9. The minimum Gasteiger partial charge on any atom is -0.392 e. The average molecular weight is 252 g/mol. The molecule has 0 saturated heterocycles. The van der Waals surface area contributed by atoms with Gasteiger partial charge in [0.15, 0.2) is 0 Å². The van der Waals surface area contributed by atoms with Crippen molar-refractivity contribution in [3.8, 4) is 0 Å². The van der Waals surface area contributed by atoms with E-state index in [-0.39, 0.29) is 6.61 Å². The molecule has 1 rings (SSSR count). The Balaban J connectivity index is 2.96. The smallest absolute Gasteiger partial charge is 0.134 e. The largest absolute Gasteiger partial charge is 0.392 e. The molecule has 0 spiro atoms. The third-order valence-electron chi connectivity index (χ3n) is 3.00. The second kappa shape index (κ2) is 7.34. The molecule has 1 N–H and O–H groups in total. The van der Waals surface area contributed by atoms with Crippen molar-refractivity contribution in [2.24, 2.45) is 0 Å². The van der Waals surface area contributed by atoms with E-state index in [1.807, 2.05) is 26.8 Å². The van der Waals surface area contributed by atoms with Gasteiger partial charge in [-0.3, -0.25) is 0 Å². The van der Waals surface area contributed by atoms with Crippen molar-refractivity contribution in [3.05, 3.63) is 22.9 Å². The van der Waals surface area contributed by atoms with Crippen LogP contribution in [0.4, 0.5) is 5.82 Å². The third-order valence-corrected chi connectivity index (χ3v) is 3.00. The highest BCUT2D eigenvalue weighted by Gasteiger charge is 2.13. The summed E-state index contributed by atoms with van der Waals surface area (Å²) in [7, 11) is 0. The summed E-state index contributed by atoms with van der Waals surface area (Å²) in [5.74, 6) is 0.886. The van der Waals surface area contributed by atoms with Gasteiger partial charge in [-0.15, -0.1) is 0 Å². The van der Waals surface area contributed by atoms with Gasteiger partial charge >= 0.3 is 0 Å². The Labute approximate surface area is 110 Å². The molecule has 0 atom stereocenters. The highest BCUT2D eigenvalue weighted by molar-refractivity contribution is 5.51. The summed E-state index contributed by atoms with van der Waals surface area (Å²) in [6.45, 7) is 11.2. The summed E-state index contributed by atoms with van der Waals surface area (Å²) in [4.78, 5) is 6.72. The summed E-state index contributed by atoms with van der Waals surface area (Å²) in [5, 5.41) is 9.51. The summed E-state index contributed by atoms with van der Waals surface area (Å²) < 4.78 is 5.39. The highest BCUT2D eigenvalue weighted by Crippen LogP contribution is 2.22. The van der Waals surface area contributed by atoms with Gasteiger partial charge in [-0.05, 0) is 39.3 Å². The molecule has 0 bridgehead atoms. The van der Waals surface area contributed by atoms with Crippen LogP contribution in [0.15, 0.2) is 6.07 Å². The molecule has 0 amide bonds. The van der Waals surface area contributed by atoms with E-state index in [1.165, 1.54) is 0 Å². The monoisotopic (exact) mass is 252 g/mol. The summed E-state index contributed by atoms with van der Waals surface area (Å²) >= 11 is 0. The van der Waals surface area contributed by atoms with Crippen LogP contribution in [-0.4, -0.2) is 36.4 Å². The molecule has 0 aliphatic heterocycles. The van der Waals surface area contributed by atoms with Gasteiger partial charge < -0.3 is 14.7 Å².